The molecule has 0 radical (unpaired) electrons. The van der Waals surface area contributed by atoms with Crippen LogP contribution in [0.15, 0.2) is 18.6 Å². The molecule has 0 aliphatic heterocycles. The number of hydrogen-bond donors (Lipinski definition) is 0. The monoisotopic (exact) mass is 259 g/mol. The zero-order valence-electron chi connectivity index (χ0n) is 7.54. The van der Waals surface area contributed by atoms with Gasteiger partial charge >= 0.3 is 5.69 Å². The van der Waals surface area contributed by atoms with Gasteiger partial charge in [0, 0.05) is 0 Å². The Kier molecular flexibility index (Phi) is 2.71. The van der Waals surface area contributed by atoms with Crippen LogP contribution in [0.25, 0.3) is 5.82 Å². The van der Waals surface area contributed by atoms with Crippen molar-refractivity contribution in [1.82, 2.24) is 19.7 Å². The average Bonchev–Trinajstić information content (AvgIpc) is 2.70. The maximum atomic E-state index is 10.5. The predicted molar refractivity (Wildman–Crippen MR) is 55.8 cm³/mol. The number of nitro groups is 1. The van der Waals surface area contributed by atoms with Gasteiger partial charge in [-0.25, -0.2) is 9.67 Å². The molecular weight excluding hydrogens is 257 g/mol. The fourth-order valence-electron chi connectivity index (χ4n) is 1.02. The molecule has 82 valence electrons. The van der Waals surface area contributed by atoms with E-state index in [-0.39, 0.29) is 21.8 Å². The fourth-order valence-corrected chi connectivity index (χ4v) is 1.33. The van der Waals surface area contributed by atoms with Crippen molar-refractivity contribution >= 4 is 28.9 Å². The molecule has 0 aromatic carbocycles. The molecule has 2 rings (SSSR count). The molecule has 0 saturated heterocycles. The summed E-state index contributed by atoms with van der Waals surface area (Å²) in [7, 11) is 0. The number of aromatic nitrogens is 4. The second-order valence-corrected chi connectivity index (χ2v) is 3.46. The van der Waals surface area contributed by atoms with Gasteiger partial charge in [-0.2, -0.15) is 10.1 Å². The van der Waals surface area contributed by atoms with Crippen molar-refractivity contribution in [3.8, 4) is 5.82 Å². The molecule has 0 aliphatic carbocycles. The van der Waals surface area contributed by atoms with Crippen LogP contribution in [0.2, 0.25) is 10.3 Å². The van der Waals surface area contributed by atoms with Gasteiger partial charge in [-0.1, -0.05) is 11.6 Å². The molecule has 0 atom stereocenters. The second kappa shape index (κ2) is 4.03. The first-order valence-corrected chi connectivity index (χ1v) is 4.71. The first-order chi connectivity index (χ1) is 7.58. The van der Waals surface area contributed by atoms with E-state index in [1.54, 1.807) is 0 Å². The normalized spacial score (nSPS) is 10.4. The van der Waals surface area contributed by atoms with Gasteiger partial charge in [-0.15, -0.1) is 0 Å². The topological polar surface area (TPSA) is 86.7 Å². The lowest BCUT2D eigenvalue weighted by atomic mass is 10.5. The quantitative estimate of drug-likeness (QED) is 0.467. The van der Waals surface area contributed by atoms with Crippen LogP contribution in [0, 0.1) is 10.1 Å². The van der Waals surface area contributed by atoms with Crippen molar-refractivity contribution in [3.05, 3.63) is 39.0 Å². The zero-order valence-corrected chi connectivity index (χ0v) is 9.05. The summed E-state index contributed by atoms with van der Waals surface area (Å²) in [6, 6.07) is 0. The highest BCUT2D eigenvalue weighted by molar-refractivity contribution is 6.32. The molecular formula is C7H3Cl2N5O2. The van der Waals surface area contributed by atoms with Gasteiger partial charge in [0.15, 0.2) is 5.82 Å². The summed E-state index contributed by atoms with van der Waals surface area (Å²) >= 11 is 11.4. The van der Waals surface area contributed by atoms with E-state index in [0.717, 1.165) is 10.9 Å². The first-order valence-electron chi connectivity index (χ1n) is 3.95. The van der Waals surface area contributed by atoms with Crippen LogP contribution in [0.1, 0.15) is 0 Å². The van der Waals surface area contributed by atoms with Crippen LogP contribution in [0.4, 0.5) is 5.69 Å². The van der Waals surface area contributed by atoms with E-state index in [9.17, 15) is 10.1 Å². The van der Waals surface area contributed by atoms with E-state index in [1.807, 2.05) is 0 Å². The van der Waals surface area contributed by atoms with Gasteiger partial charge < -0.3 is 0 Å². The largest absolute Gasteiger partial charge is 0.307 e. The Labute approximate surface area is 98.8 Å². The van der Waals surface area contributed by atoms with Crippen molar-refractivity contribution in [1.29, 1.82) is 0 Å². The Morgan fingerprint density at radius 1 is 1.38 bits per heavy atom. The second-order valence-electron chi connectivity index (χ2n) is 2.71. The van der Waals surface area contributed by atoms with Crippen molar-refractivity contribution < 1.29 is 4.92 Å². The standard InChI is InChI=1S/C7H3Cl2N5O2/c8-5-2-10-7(9)12-6(5)13-3-4(1-11-13)14(15)16/h1-3H. The maximum absolute atomic E-state index is 10.5. The summed E-state index contributed by atoms with van der Waals surface area (Å²) < 4.78 is 1.16. The van der Waals surface area contributed by atoms with Crippen LogP contribution in [-0.2, 0) is 0 Å². The fraction of sp³-hybridized carbons (Fsp3) is 0. The van der Waals surface area contributed by atoms with Crippen molar-refractivity contribution in [2.75, 3.05) is 0 Å². The van der Waals surface area contributed by atoms with E-state index >= 15 is 0 Å². The van der Waals surface area contributed by atoms with E-state index in [2.05, 4.69) is 15.1 Å². The average molecular weight is 260 g/mol. The van der Waals surface area contributed by atoms with E-state index in [4.69, 9.17) is 23.2 Å². The number of rotatable bonds is 2. The molecule has 2 aromatic rings. The molecule has 0 unspecified atom stereocenters. The van der Waals surface area contributed by atoms with Gasteiger partial charge in [0.05, 0.1) is 11.1 Å². The molecule has 16 heavy (non-hydrogen) atoms. The SMILES string of the molecule is O=[N+]([O-])c1cnn(-c2nc(Cl)ncc2Cl)c1. The Balaban J connectivity index is 2.50. The lowest BCUT2D eigenvalue weighted by Crippen LogP contribution is -2.00. The Morgan fingerprint density at radius 3 is 2.75 bits per heavy atom. The highest BCUT2D eigenvalue weighted by atomic mass is 35.5. The summed E-state index contributed by atoms with van der Waals surface area (Å²) in [5.74, 6) is 0.190. The molecule has 0 aliphatic rings. The Bertz CT molecular complexity index is 555. The minimum atomic E-state index is -0.569. The van der Waals surface area contributed by atoms with Crippen LogP contribution >= 0.6 is 23.2 Å². The van der Waals surface area contributed by atoms with Crippen molar-refractivity contribution in [2.45, 2.75) is 0 Å². The van der Waals surface area contributed by atoms with Crippen molar-refractivity contribution in [2.24, 2.45) is 0 Å². The molecule has 2 heterocycles. The smallest absolute Gasteiger partial charge is 0.258 e. The van der Waals surface area contributed by atoms with Crippen LogP contribution in [-0.4, -0.2) is 24.7 Å². The molecule has 0 amide bonds. The Morgan fingerprint density at radius 2 is 2.12 bits per heavy atom. The van der Waals surface area contributed by atoms with Crippen LogP contribution < -0.4 is 0 Å². The van der Waals surface area contributed by atoms with E-state index in [0.29, 0.717) is 0 Å². The number of halogens is 2. The van der Waals surface area contributed by atoms with Crippen molar-refractivity contribution in [3.63, 3.8) is 0 Å². The van der Waals surface area contributed by atoms with E-state index < -0.39 is 4.92 Å². The highest BCUT2D eigenvalue weighted by Crippen LogP contribution is 2.20. The van der Waals surface area contributed by atoms with Crippen LogP contribution in [0.5, 0.6) is 0 Å². The van der Waals surface area contributed by atoms with Crippen LogP contribution in [0.3, 0.4) is 0 Å². The molecule has 0 bridgehead atoms. The highest BCUT2D eigenvalue weighted by Gasteiger charge is 2.13. The zero-order chi connectivity index (χ0) is 11.7. The summed E-state index contributed by atoms with van der Waals surface area (Å²) in [5.41, 5.74) is -0.161. The summed E-state index contributed by atoms with van der Waals surface area (Å²) in [6.07, 6.45) is 3.57. The van der Waals surface area contributed by atoms with Gasteiger partial charge in [-0.05, 0) is 11.6 Å². The van der Waals surface area contributed by atoms with Gasteiger partial charge in [0.25, 0.3) is 0 Å². The lowest BCUT2D eigenvalue weighted by Gasteiger charge is -2.01. The minimum Gasteiger partial charge on any atom is -0.258 e. The third kappa shape index (κ3) is 1.95. The number of nitrogens with zero attached hydrogens (tertiary/aromatic N) is 5. The molecule has 9 heteroatoms. The summed E-state index contributed by atoms with van der Waals surface area (Å²) in [6.45, 7) is 0. The first kappa shape index (κ1) is 10.8. The van der Waals surface area contributed by atoms with Gasteiger partial charge in [-0.3, -0.25) is 10.1 Å². The van der Waals surface area contributed by atoms with Gasteiger partial charge in [0.2, 0.25) is 5.28 Å². The molecule has 0 saturated carbocycles. The lowest BCUT2D eigenvalue weighted by molar-refractivity contribution is -0.384. The summed E-state index contributed by atoms with van der Waals surface area (Å²) in [5, 5.41) is 14.4. The predicted octanol–water partition coefficient (Wildman–Crippen LogP) is 1.88. The third-order valence-electron chi connectivity index (χ3n) is 1.69. The number of hydrogen-bond acceptors (Lipinski definition) is 5. The molecule has 2 aromatic heterocycles. The van der Waals surface area contributed by atoms with E-state index in [1.165, 1.54) is 12.4 Å². The molecule has 7 nitrogen and oxygen atoms in total. The molecule has 0 fully saturated rings. The third-order valence-corrected chi connectivity index (χ3v) is 2.14. The maximum Gasteiger partial charge on any atom is 0.307 e. The molecule has 0 spiro atoms. The summed E-state index contributed by atoms with van der Waals surface area (Å²) in [4.78, 5) is 17.4. The minimum absolute atomic E-state index is 0.0162. The molecule has 0 N–H and O–H groups in total. The Hall–Kier alpha value is -1.73. The van der Waals surface area contributed by atoms with Gasteiger partial charge in [0.1, 0.15) is 17.4 Å².